The van der Waals surface area contributed by atoms with Crippen molar-refractivity contribution in [2.75, 3.05) is 12.4 Å². The van der Waals surface area contributed by atoms with Crippen LogP contribution in [-0.2, 0) is 16.1 Å². The number of anilines is 1. The molecule has 1 saturated heterocycles. The number of amides is 1. The molecule has 4 atom stereocenters. The van der Waals surface area contributed by atoms with Gasteiger partial charge in [-0.1, -0.05) is 12.1 Å². The fraction of sp³-hybridized carbons (Fsp3) is 0.368. The predicted octanol–water partition coefficient (Wildman–Crippen LogP) is 0.798. The van der Waals surface area contributed by atoms with Crippen molar-refractivity contribution < 1.29 is 19.7 Å². The van der Waals surface area contributed by atoms with Crippen molar-refractivity contribution in [2.24, 2.45) is 0 Å². The number of carbonyl (C=O) groups is 1. The van der Waals surface area contributed by atoms with Gasteiger partial charge in [0.25, 0.3) is 0 Å². The Balaban J connectivity index is 1.56. The van der Waals surface area contributed by atoms with Crippen molar-refractivity contribution in [3.8, 4) is 0 Å². The van der Waals surface area contributed by atoms with Gasteiger partial charge >= 0.3 is 0 Å². The molecule has 4 N–H and O–H groups in total. The average molecular weight is 524 g/mol. The summed E-state index contributed by atoms with van der Waals surface area (Å²) in [4.78, 5) is 24.6. The highest BCUT2D eigenvalue weighted by molar-refractivity contribution is 14.1. The molecule has 1 aromatic carbocycles. The van der Waals surface area contributed by atoms with Crippen LogP contribution in [0.5, 0.6) is 0 Å². The third kappa shape index (κ3) is 4.10. The predicted molar refractivity (Wildman–Crippen MR) is 116 cm³/mol. The van der Waals surface area contributed by atoms with Gasteiger partial charge in [-0.15, -0.1) is 0 Å². The highest BCUT2D eigenvalue weighted by atomic mass is 127. The van der Waals surface area contributed by atoms with Crippen molar-refractivity contribution in [1.82, 2.24) is 24.8 Å². The Morgan fingerprint density at radius 1 is 1.27 bits per heavy atom. The molecule has 1 amide bonds. The SMILES string of the molecule is CNC(=O)CC1OC(n2cnc3c(NCc4cccc(I)c4)ncnc32)C(O)C1O. The number of aliphatic hydroxyl groups excluding tert-OH is 2. The summed E-state index contributed by atoms with van der Waals surface area (Å²) in [5.41, 5.74) is 2.07. The van der Waals surface area contributed by atoms with Gasteiger partial charge in [-0.25, -0.2) is 15.0 Å². The summed E-state index contributed by atoms with van der Waals surface area (Å²) in [5.74, 6) is 0.263. The van der Waals surface area contributed by atoms with E-state index in [9.17, 15) is 15.0 Å². The molecular weight excluding hydrogens is 503 g/mol. The van der Waals surface area contributed by atoms with Gasteiger partial charge in [0.2, 0.25) is 5.91 Å². The van der Waals surface area contributed by atoms with Crippen molar-refractivity contribution >= 4 is 45.5 Å². The summed E-state index contributed by atoms with van der Waals surface area (Å²) in [6.45, 7) is 0.561. The van der Waals surface area contributed by atoms with E-state index in [0.717, 1.165) is 9.13 Å². The van der Waals surface area contributed by atoms with Crippen LogP contribution in [0, 0.1) is 3.57 Å². The molecule has 1 aliphatic rings. The number of aromatic nitrogens is 4. The summed E-state index contributed by atoms with van der Waals surface area (Å²) >= 11 is 2.26. The van der Waals surface area contributed by atoms with E-state index in [4.69, 9.17) is 4.74 Å². The molecule has 4 rings (SSSR count). The number of fused-ring (bicyclic) bond motifs is 1. The van der Waals surface area contributed by atoms with Crippen LogP contribution in [0.15, 0.2) is 36.9 Å². The van der Waals surface area contributed by atoms with Crippen LogP contribution in [0.2, 0.25) is 0 Å². The molecule has 158 valence electrons. The Morgan fingerprint density at radius 2 is 2.10 bits per heavy atom. The summed E-state index contributed by atoms with van der Waals surface area (Å²) < 4.78 is 8.46. The van der Waals surface area contributed by atoms with Crippen LogP contribution in [0.1, 0.15) is 18.2 Å². The maximum atomic E-state index is 11.6. The van der Waals surface area contributed by atoms with E-state index in [0.29, 0.717) is 23.5 Å². The highest BCUT2D eigenvalue weighted by Gasteiger charge is 2.45. The maximum absolute atomic E-state index is 11.6. The van der Waals surface area contributed by atoms with E-state index in [-0.39, 0.29) is 12.3 Å². The molecule has 0 aliphatic carbocycles. The maximum Gasteiger partial charge on any atom is 0.222 e. The fourth-order valence-corrected chi connectivity index (χ4v) is 4.02. The molecule has 4 unspecified atom stereocenters. The Bertz CT molecular complexity index is 1060. The number of rotatable bonds is 6. The molecule has 10 nitrogen and oxygen atoms in total. The summed E-state index contributed by atoms with van der Waals surface area (Å²) in [6, 6.07) is 8.10. The normalized spacial score (nSPS) is 23.6. The standard InChI is InChI=1S/C19H21IN6O4/c1-21-13(27)6-12-15(28)16(29)19(30-12)26-9-25-14-17(23-8-24-18(14)26)22-7-10-3-2-4-11(20)5-10/h2-5,8-9,12,15-16,19,28-29H,6-7H2,1H3,(H,21,27)(H,22,23,24). The number of halogens is 1. The lowest BCUT2D eigenvalue weighted by Crippen LogP contribution is -2.34. The zero-order valence-corrected chi connectivity index (χ0v) is 18.2. The van der Waals surface area contributed by atoms with Crippen molar-refractivity contribution in [2.45, 2.75) is 37.5 Å². The van der Waals surface area contributed by atoms with E-state index >= 15 is 0 Å². The molecule has 0 spiro atoms. The first-order valence-corrected chi connectivity index (χ1v) is 10.4. The summed E-state index contributed by atoms with van der Waals surface area (Å²) in [7, 11) is 1.50. The van der Waals surface area contributed by atoms with Gasteiger partial charge in [-0.05, 0) is 40.3 Å². The van der Waals surface area contributed by atoms with Crippen molar-refractivity contribution in [3.63, 3.8) is 0 Å². The van der Waals surface area contributed by atoms with Gasteiger partial charge in [-0.2, -0.15) is 0 Å². The number of ether oxygens (including phenoxy) is 1. The Morgan fingerprint density at radius 3 is 2.87 bits per heavy atom. The lowest BCUT2D eigenvalue weighted by atomic mass is 10.1. The van der Waals surface area contributed by atoms with Crippen molar-refractivity contribution in [3.05, 3.63) is 46.1 Å². The zero-order chi connectivity index (χ0) is 21.3. The van der Waals surface area contributed by atoms with Gasteiger partial charge in [0, 0.05) is 17.2 Å². The van der Waals surface area contributed by atoms with Crippen LogP contribution in [0.3, 0.4) is 0 Å². The molecular formula is C19H21IN6O4. The number of imidazole rings is 1. The van der Waals surface area contributed by atoms with Gasteiger partial charge in [-0.3, -0.25) is 9.36 Å². The molecule has 1 fully saturated rings. The molecule has 1 aliphatic heterocycles. The van der Waals surface area contributed by atoms with Crippen LogP contribution < -0.4 is 10.6 Å². The summed E-state index contributed by atoms with van der Waals surface area (Å²) in [6.07, 6.45) is -1.36. The second kappa shape index (κ2) is 8.79. The molecule has 0 saturated carbocycles. The van der Waals surface area contributed by atoms with Crippen LogP contribution in [0.25, 0.3) is 11.2 Å². The van der Waals surface area contributed by atoms with Crippen LogP contribution in [0.4, 0.5) is 5.82 Å². The fourth-order valence-electron chi connectivity index (χ4n) is 3.41. The number of hydrogen-bond donors (Lipinski definition) is 4. The van der Waals surface area contributed by atoms with Crippen LogP contribution in [-0.4, -0.2) is 61.0 Å². The number of aliphatic hydroxyl groups is 2. The molecule has 2 aromatic heterocycles. The van der Waals surface area contributed by atoms with E-state index < -0.39 is 24.5 Å². The second-order valence-electron chi connectivity index (χ2n) is 6.95. The first kappa shape index (κ1) is 20.9. The number of nitrogens with one attached hydrogen (secondary N) is 2. The third-order valence-corrected chi connectivity index (χ3v) is 5.66. The summed E-state index contributed by atoms with van der Waals surface area (Å²) in [5, 5.41) is 26.5. The molecule has 11 heteroatoms. The topological polar surface area (TPSA) is 134 Å². The Labute approximate surface area is 185 Å². The van der Waals surface area contributed by atoms with E-state index in [2.05, 4.69) is 54.2 Å². The number of benzene rings is 1. The monoisotopic (exact) mass is 524 g/mol. The molecule has 30 heavy (non-hydrogen) atoms. The molecule has 3 aromatic rings. The number of nitrogens with zero attached hydrogens (tertiary/aromatic N) is 4. The highest BCUT2D eigenvalue weighted by Crippen LogP contribution is 2.33. The first-order valence-electron chi connectivity index (χ1n) is 9.36. The minimum absolute atomic E-state index is 0.0600. The molecule has 0 bridgehead atoms. The molecule has 3 heterocycles. The largest absolute Gasteiger partial charge is 0.388 e. The Hall–Kier alpha value is -2.35. The minimum Gasteiger partial charge on any atom is -0.388 e. The van der Waals surface area contributed by atoms with Gasteiger partial charge in [0.1, 0.15) is 18.5 Å². The van der Waals surface area contributed by atoms with Gasteiger partial charge in [0.15, 0.2) is 23.2 Å². The zero-order valence-electron chi connectivity index (χ0n) is 16.1. The smallest absolute Gasteiger partial charge is 0.222 e. The van der Waals surface area contributed by atoms with Crippen LogP contribution >= 0.6 is 22.6 Å². The molecule has 0 radical (unpaired) electrons. The van der Waals surface area contributed by atoms with E-state index in [1.807, 2.05) is 18.2 Å². The van der Waals surface area contributed by atoms with Gasteiger partial charge < -0.3 is 25.6 Å². The van der Waals surface area contributed by atoms with E-state index in [1.165, 1.54) is 19.7 Å². The first-order chi connectivity index (χ1) is 14.5. The quantitative estimate of drug-likeness (QED) is 0.348. The van der Waals surface area contributed by atoms with Gasteiger partial charge in [0.05, 0.1) is 18.9 Å². The number of hydrogen-bond acceptors (Lipinski definition) is 8. The minimum atomic E-state index is -1.23. The lowest BCUT2D eigenvalue weighted by molar-refractivity contribution is -0.125. The van der Waals surface area contributed by atoms with Crippen molar-refractivity contribution in [1.29, 1.82) is 0 Å². The third-order valence-electron chi connectivity index (χ3n) is 4.98. The second-order valence-corrected chi connectivity index (χ2v) is 8.20. The average Bonchev–Trinajstić information content (AvgIpc) is 3.29. The number of carbonyl (C=O) groups excluding carboxylic acids is 1. The Kier molecular flexibility index (Phi) is 6.13. The lowest BCUT2D eigenvalue weighted by Gasteiger charge is -2.16. The van der Waals surface area contributed by atoms with E-state index in [1.54, 1.807) is 4.57 Å².